The summed E-state index contributed by atoms with van der Waals surface area (Å²) in [6.45, 7) is 0. The Morgan fingerprint density at radius 1 is 1.27 bits per heavy atom. The van der Waals surface area contributed by atoms with Gasteiger partial charge in [0.2, 0.25) is 5.92 Å². The van der Waals surface area contributed by atoms with Gasteiger partial charge in [0.1, 0.15) is 0 Å². The molecule has 2 aliphatic carbocycles. The molecule has 3 nitrogen and oxygen atoms in total. The van der Waals surface area contributed by atoms with Gasteiger partial charge in [-0.25, -0.2) is 8.78 Å². The highest BCUT2D eigenvalue weighted by atomic mass is 19.3. The highest BCUT2D eigenvalue weighted by Crippen LogP contribution is 2.48. The zero-order valence-corrected chi connectivity index (χ0v) is 8.33. The predicted octanol–water partition coefficient (Wildman–Crippen LogP) is 1.47. The van der Waals surface area contributed by atoms with Crippen LogP contribution in [0.2, 0.25) is 0 Å². The molecule has 0 amide bonds. The van der Waals surface area contributed by atoms with Crippen LogP contribution in [-0.4, -0.2) is 23.0 Å². The summed E-state index contributed by atoms with van der Waals surface area (Å²) in [5.74, 6) is -4.64. The maximum Gasteiger partial charge on any atom is 0.306 e. The van der Waals surface area contributed by atoms with Gasteiger partial charge in [-0.1, -0.05) is 0 Å². The van der Waals surface area contributed by atoms with E-state index in [-0.39, 0.29) is 30.7 Å². The van der Waals surface area contributed by atoms with Crippen molar-refractivity contribution in [3.63, 3.8) is 0 Å². The van der Waals surface area contributed by atoms with Crippen molar-refractivity contribution in [3.05, 3.63) is 0 Å². The summed E-state index contributed by atoms with van der Waals surface area (Å²) in [5.41, 5.74) is 5.84. The smallest absolute Gasteiger partial charge is 0.306 e. The fraction of sp³-hybridized carbons (Fsp3) is 0.900. The fourth-order valence-electron chi connectivity index (χ4n) is 3.02. The largest absolute Gasteiger partial charge is 0.481 e. The summed E-state index contributed by atoms with van der Waals surface area (Å²) in [6.07, 6.45) is 0.133. The number of halogens is 2. The third-order valence-corrected chi connectivity index (χ3v) is 3.73. The van der Waals surface area contributed by atoms with Gasteiger partial charge in [-0.3, -0.25) is 4.79 Å². The lowest BCUT2D eigenvalue weighted by Gasteiger charge is -2.45. The molecule has 0 radical (unpaired) electrons. The number of hydrogen-bond acceptors (Lipinski definition) is 2. The van der Waals surface area contributed by atoms with Gasteiger partial charge in [0.15, 0.2) is 0 Å². The van der Waals surface area contributed by atoms with Gasteiger partial charge in [-0.15, -0.1) is 0 Å². The van der Waals surface area contributed by atoms with Crippen molar-refractivity contribution in [1.29, 1.82) is 0 Å². The molecule has 15 heavy (non-hydrogen) atoms. The summed E-state index contributed by atoms with van der Waals surface area (Å²) in [4.78, 5) is 10.8. The highest BCUT2D eigenvalue weighted by Gasteiger charge is 2.50. The molecule has 86 valence electrons. The normalized spacial score (nSPS) is 43.7. The Labute approximate surface area is 86.6 Å². The van der Waals surface area contributed by atoms with Crippen molar-refractivity contribution in [2.75, 3.05) is 0 Å². The average Bonchev–Trinajstić information content (AvgIpc) is 2.07. The Morgan fingerprint density at radius 3 is 2.13 bits per heavy atom. The zero-order chi connectivity index (χ0) is 11.2. The van der Waals surface area contributed by atoms with Crippen LogP contribution in [-0.2, 0) is 4.79 Å². The summed E-state index contributed by atoms with van der Waals surface area (Å²) in [5, 5.41) is 8.88. The van der Waals surface area contributed by atoms with Gasteiger partial charge in [0, 0.05) is 18.9 Å². The van der Waals surface area contributed by atoms with E-state index in [0.717, 1.165) is 0 Å². The molecule has 0 aromatic heterocycles. The van der Waals surface area contributed by atoms with Gasteiger partial charge in [0.25, 0.3) is 0 Å². The minimum atomic E-state index is -2.64. The average molecular weight is 219 g/mol. The van der Waals surface area contributed by atoms with Crippen molar-refractivity contribution >= 4 is 5.97 Å². The lowest BCUT2D eigenvalue weighted by Crippen LogP contribution is -2.52. The molecule has 2 aliphatic rings. The standard InChI is InChI=1S/C10H15F2NO2/c11-10(12)3-6-1-5(9(14)15)2-7(4-10)8(6)13/h5-8H,1-4,13H2,(H,14,15). The molecule has 3 N–H and O–H groups in total. The minimum Gasteiger partial charge on any atom is -0.481 e. The van der Waals surface area contributed by atoms with Gasteiger partial charge >= 0.3 is 5.97 Å². The lowest BCUT2D eigenvalue weighted by molar-refractivity contribution is -0.150. The van der Waals surface area contributed by atoms with Crippen LogP contribution >= 0.6 is 0 Å². The van der Waals surface area contributed by atoms with Crippen molar-refractivity contribution < 1.29 is 18.7 Å². The third-order valence-electron chi connectivity index (χ3n) is 3.73. The third kappa shape index (κ3) is 1.97. The first-order valence-corrected chi connectivity index (χ1v) is 5.25. The topological polar surface area (TPSA) is 63.3 Å². The van der Waals surface area contributed by atoms with Crippen LogP contribution in [0.15, 0.2) is 0 Å². The van der Waals surface area contributed by atoms with Crippen LogP contribution in [0.5, 0.6) is 0 Å². The molecule has 0 saturated heterocycles. The highest BCUT2D eigenvalue weighted by molar-refractivity contribution is 5.70. The van der Waals surface area contributed by atoms with Crippen LogP contribution in [0.25, 0.3) is 0 Å². The van der Waals surface area contributed by atoms with E-state index in [1.165, 1.54) is 0 Å². The van der Waals surface area contributed by atoms with Crippen molar-refractivity contribution in [1.82, 2.24) is 0 Å². The predicted molar refractivity (Wildman–Crippen MR) is 49.5 cm³/mol. The van der Waals surface area contributed by atoms with Crippen LogP contribution in [0, 0.1) is 17.8 Å². The molecule has 0 aliphatic heterocycles. The minimum absolute atomic E-state index is 0.236. The number of aliphatic carboxylic acids is 1. The van der Waals surface area contributed by atoms with E-state index in [2.05, 4.69) is 0 Å². The second-order valence-electron chi connectivity index (χ2n) is 4.87. The van der Waals surface area contributed by atoms with E-state index in [4.69, 9.17) is 10.8 Å². The molecule has 2 bridgehead atoms. The molecule has 2 rings (SSSR count). The van der Waals surface area contributed by atoms with E-state index < -0.39 is 17.8 Å². The second-order valence-corrected chi connectivity index (χ2v) is 4.87. The summed E-state index contributed by atoms with van der Waals surface area (Å²) >= 11 is 0. The number of rotatable bonds is 1. The number of carboxylic acid groups (broad SMARTS) is 1. The van der Waals surface area contributed by atoms with E-state index in [9.17, 15) is 13.6 Å². The molecule has 2 unspecified atom stereocenters. The molecule has 0 aromatic rings. The SMILES string of the molecule is NC1C2CC(C(=O)O)CC1CC(F)(F)C2. The number of alkyl halides is 2. The lowest BCUT2D eigenvalue weighted by atomic mass is 9.64. The molecule has 2 atom stereocenters. The Morgan fingerprint density at radius 2 is 1.73 bits per heavy atom. The first kappa shape index (κ1) is 10.8. The van der Waals surface area contributed by atoms with Gasteiger partial charge < -0.3 is 10.8 Å². The Bertz CT molecular complexity index is 265. The number of fused-ring (bicyclic) bond motifs is 2. The summed E-state index contributed by atoms with van der Waals surface area (Å²) in [7, 11) is 0. The van der Waals surface area contributed by atoms with E-state index in [1.807, 2.05) is 0 Å². The first-order chi connectivity index (χ1) is 6.89. The van der Waals surface area contributed by atoms with Gasteiger partial charge in [-0.05, 0) is 24.7 Å². The zero-order valence-electron chi connectivity index (χ0n) is 8.33. The number of carbonyl (C=O) groups is 1. The van der Waals surface area contributed by atoms with Crippen molar-refractivity contribution in [2.45, 2.75) is 37.6 Å². The van der Waals surface area contributed by atoms with Crippen LogP contribution in [0.3, 0.4) is 0 Å². The van der Waals surface area contributed by atoms with Crippen LogP contribution in [0.4, 0.5) is 8.78 Å². The molecule has 2 saturated carbocycles. The maximum absolute atomic E-state index is 13.2. The van der Waals surface area contributed by atoms with Crippen LogP contribution in [0.1, 0.15) is 25.7 Å². The monoisotopic (exact) mass is 219 g/mol. The molecule has 0 aromatic carbocycles. The number of nitrogens with two attached hydrogens (primary N) is 1. The Kier molecular flexibility index (Phi) is 2.45. The molecule has 5 heteroatoms. The quantitative estimate of drug-likeness (QED) is 0.702. The van der Waals surface area contributed by atoms with E-state index in [1.54, 1.807) is 0 Å². The van der Waals surface area contributed by atoms with Crippen molar-refractivity contribution in [2.24, 2.45) is 23.5 Å². The molecule has 0 spiro atoms. The Balaban J connectivity index is 2.13. The molecule has 0 heterocycles. The summed E-state index contributed by atoms with van der Waals surface area (Å²) in [6, 6.07) is -0.236. The van der Waals surface area contributed by atoms with E-state index >= 15 is 0 Å². The fourth-order valence-corrected chi connectivity index (χ4v) is 3.02. The first-order valence-electron chi connectivity index (χ1n) is 5.25. The van der Waals surface area contributed by atoms with E-state index in [0.29, 0.717) is 12.8 Å². The summed E-state index contributed by atoms with van der Waals surface area (Å²) < 4.78 is 26.4. The molecule has 2 fully saturated rings. The number of carboxylic acids is 1. The molecular formula is C10H15F2NO2. The molecular weight excluding hydrogens is 204 g/mol. The van der Waals surface area contributed by atoms with Gasteiger partial charge in [-0.2, -0.15) is 0 Å². The second kappa shape index (κ2) is 3.40. The van der Waals surface area contributed by atoms with Crippen molar-refractivity contribution in [3.8, 4) is 0 Å². The van der Waals surface area contributed by atoms with Crippen LogP contribution < -0.4 is 5.73 Å². The van der Waals surface area contributed by atoms with Gasteiger partial charge in [0.05, 0.1) is 5.92 Å². The maximum atomic E-state index is 13.2. The Hall–Kier alpha value is -0.710. The number of hydrogen-bond donors (Lipinski definition) is 2.